The Morgan fingerprint density at radius 2 is 2.04 bits per heavy atom. The number of carboxylic acid groups (broad SMARTS) is 1. The van der Waals surface area contributed by atoms with Gasteiger partial charge in [-0.15, -0.1) is 0 Å². The van der Waals surface area contributed by atoms with Crippen molar-refractivity contribution in [3.8, 4) is 0 Å². The quantitative estimate of drug-likeness (QED) is 0.823. The summed E-state index contributed by atoms with van der Waals surface area (Å²) in [5.41, 5.74) is 1.73. The lowest BCUT2D eigenvalue weighted by Gasteiger charge is -2.30. The number of carbonyl (C=O) groups is 2. The summed E-state index contributed by atoms with van der Waals surface area (Å²) >= 11 is 0. The minimum absolute atomic E-state index is 0.221. The molecule has 0 spiro atoms. The molecule has 1 amide bonds. The second-order valence-electron chi connectivity index (χ2n) is 6.69. The van der Waals surface area contributed by atoms with Crippen molar-refractivity contribution in [2.75, 3.05) is 30.8 Å². The van der Waals surface area contributed by atoms with Crippen LogP contribution in [0.2, 0.25) is 0 Å². The first-order valence-electron chi connectivity index (χ1n) is 8.39. The lowest BCUT2D eigenvalue weighted by Crippen LogP contribution is -2.40. The molecule has 2 aliphatic rings. The van der Waals surface area contributed by atoms with Crippen molar-refractivity contribution in [1.82, 2.24) is 4.90 Å². The van der Waals surface area contributed by atoms with Crippen LogP contribution >= 0.6 is 0 Å². The number of anilines is 1. The number of carboxylic acids is 1. The largest absolute Gasteiger partial charge is 0.480 e. The zero-order chi connectivity index (χ0) is 19.1. The zero-order valence-electron chi connectivity index (χ0n) is 14.7. The van der Waals surface area contributed by atoms with E-state index in [-0.39, 0.29) is 25.0 Å². The molecule has 1 aromatic carbocycles. The molecule has 0 saturated carbocycles. The Hall–Kier alpha value is -2.13. The molecule has 0 aliphatic carbocycles. The monoisotopic (exact) mass is 382 g/mol. The number of nitrogens with zero attached hydrogens (tertiary/aromatic N) is 2. The van der Waals surface area contributed by atoms with Crippen LogP contribution < -0.4 is 4.31 Å². The Morgan fingerprint density at radius 3 is 2.65 bits per heavy atom. The SMILES string of the molecule is COC1CC(C(=O)O)N(C(=O)c2ccc3c(c2)CCCN3S(C)(=O)=O)C1. The highest BCUT2D eigenvalue weighted by Gasteiger charge is 2.40. The second kappa shape index (κ2) is 6.88. The number of amides is 1. The molecule has 0 radical (unpaired) electrons. The molecule has 9 heteroatoms. The number of carbonyl (C=O) groups excluding carboxylic acids is 1. The first kappa shape index (κ1) is 18.7. The van der Waals surface area contributed by atoms with Gasteiger partial charge in [0, 0.05) is 32.2 Å². The molecule has 2 atom stereocenters. The van der Waals surface area contributed by atoms with Crippen molar-refractivity contribution in [3.05, 3.63) is 29.3 Å². The third-order valence-corrected chi connectivity index (χ3v) is 6.12. The first-order chi connectivity index (χ1) is 12.2. The molecule has 1 N–H and O–H groups in total. The summed E-state index contributed by atoms with van der Waals surface area (Å²) in [6.45, 7) is 0.640. The average molecular weight is 382 g/mol. The maximum absolute atomic E-state index is 12.9. The number of rotatable bonds is 4. The van der Waals surface area contributed by atoms with Crippen molar-refractivity contribution in [2.45, 2.75) is 31.4 Å². The molecule has 8 nitrogen and oxygen atoms in total. The minimum Gasteiger partial charge on any atom is -0.480 e. The highest BCUT2D eigenvalue weighted by Crippen LogP contribution is 2.31. The van der Waals surface area contributed by atoms with Crippen molar-refractivity contribution in [1.29, 1.82) is 0 Å². The van der Waals surface area contributed by atoms with Crippen LogP contribution in [0.4, 0.5) is 5.69 Å². The fourth-order valence-electron chi connectivity index (χ4n) is 3.63. The van der Waals surface area contributed by atoms with Gasteiger partial charge in [-0.3, -0.25) is 9.10 Å². The van der Waals surface area contributed by atoms with E-state index in [1.54, 1.807) is 18.2 Å². The number of methoxy groups -OCH3 is 1. The standard InChI is InChI=1S/C17H22N2O6S/c1-25-13-9-15(17(21)22)18(10-13)16(20)12-5-6-14-11(8-12)4-3-7-19(14)26(2,23)24/h5-6,8,13,15H,3-4,7,9-10H2,1-2H3,(H,21,22). The summed E-state index contributed by atoms with van der Waals surface area (Å²) in [7, 11) is -1.88. The van der Waals surface area contributed by atoms with Crippen LogP contribution in [0, 0.1) is 0 Å². The lowest BCUT2D eigenvalue weighted by atomic mass is 10.00. The molecule has 1 saturated heterocycles. The van der Waals surface area contributed by atoms with Crippen LogP contribution in [0.3, 0.4) is 0 Å². The number of sulfonamides is 1. The van der Waals surface area contributed by atoms with E-state index in [2.05, 4.69) is 0 Å². The van der Waals surface area contributed by atoms with Crippen LogP contribution in [0.1, 0.15) is 28.8 Å². The molecular formula is C17H22N2O6S. The number of benzene rings is 1. The summed E-state index contributed by atoms with van der Waals surface area (Å²) in [6.07, 6.45) is 2.45. The molecule has 142 valence electrons. The predicted octanol–water partition coefficient (Wildman–Crippen LogP) is 0.713. The summed E-state index contributed by atoms with van der Waals surface area (Å²) < 4.78 is 30.4. The molecule has 3 rings (SSSR count). The molecule has 0 bridgehead atoms. The average Bonchev–Trinajstić information content (AvgIpc) is 3.04. The normalized spacial score (nSPS) is 23.0. The van der Waals surface area contributed by atoms with Gasteiger partial charge in [0.1, 0.15) is 6.04 Å². The highest BCUT2D eigenvalue weighted by molar-refractivity contribution is 7.92. The van der Waals surface area contributed by atoms with Crippen LogP contribution in [0.5, 0.6) is 0 Å². The van der Waals surface area contributed by atoms with E-state index in [1.807, 2.05) is 0 Å². The highest BCUT2D eigenvalue weighted by atomic mass is 32.2. The van der Waals surface area contributed by atoms with E-state index in [0.29, 0.717) is 30.6 Å². The summed E-state index contributed by atoms with van der Waals surface area (Å²) in [6, 6.07) is 3.94. The Labute approximate surface area is 152 Å². The predicted molar refractivity (Wildman–Crippen MR) is 94.8 cm³/mol. The lowest BCUT2D eigenvalue weighted by molar-refractivity contribution is -0.141. The van der Waals surface area contributed by atoms with E-state index >= 15 is 0 Å². The van der Waals surface area contributed by atoms with E-state index in [1.165, 1.54) is 16.3 Å². The number of hydrogen-bond acceptors (Lipinski definition) is 5. The van der Waals surface area contributed by atoms with Crippen molar-refractivity contribution >= 4 is 27.6 Å². The fourth-order valence-corrected chi connectivity index (χ4v) is 4.63. The number of aliphatic carboxylic acids is 1. The van der Waals surface area contributed by atoms with Crippen molar-refractivity contribution in [3.63, 3.8) is 0 Å². The molecule has 26 heavy (non-hydrogen) atoms. The van der Waals surface area contributed by atoms with Gasteiger partial charge >= 0.3 is 5.97 Å². The Kier molecular flexibility index (Phi) is 4.94. The summed E-state index contributed by atoms with van der Waals surface area (Å²) in [5.74, 6) is -1.43. The number of ether oxygens (including phenoxy) is 1. The topological polar surface area (TPSA) is 104 Å². The van der Waals surface area contributed by atoms with Gasteiger partial charge in [0.05, 0.1) is 18.0 Å². The number of likely N-dealkylation sites (tertiary alicyclic amines) is 1. The third kappa shape index (κ3) is 3.41. The van der Waals surface area contributed by atoms with Crippen molar-refractivity contribution in [2.24, 2.45) is 0 Å². The Morgan fingerprint density at radius 1 is 1.31 bits per heavy atom. The first-order valence-corrected chi connectivity index (χ1v) is 10.2. The molecule has 2 unspecified atom stereocenters. The number of fused-ring (bicyclic) bond motifs is 1. The number of aryl methyl sites for hydroxylation is 1. The summed E-state index contributed by atoms with van der Waals surface area (Å²) in [4.78, 5) is 25.7. The Bertz CT molecular complexity index is 838. The maximum Gasteiger partial charge on any atom is 0.326 e. The van der Waals surface area contributed by atoms with E-state index in [4.69, 9.17) is 4.74 Å². The van der Waals surface area contributed by atoms with Crippen LogP contribution in [-0.4, -0.2) is 68.9 Å². The molecule has 1 aromatic rings. The third-order valence-electron chi connectivity index (χ3n) is 4.94. The van der Waals surface area contributed by atoms with Crippen LogP contribution in [0.25, 0.3) is 0 Å². The zero-order valence-corrected chi connectivity index (χ0v) is 15.5. The van der Waals surface area contributed by atoms with Gasteiger partial charge < -0.3 is 14.7 Å². The number of hydrogen-bond donors (Lipinski definition) is 1. The minimum atomic E-state index is -3.37. The van der Waals surface area contributed by atoms with E-state index in [9.17, 15) is 23.1 Å². The molecule has 0 aromatic heterocycles. The Balaban J connectivity index is 1.91. The van der Waals surface area contributed by atoms with Gasteiger partial charge in [-0.1, -0.05) is 0 Å². The van der Waals surface area contributed by atoms with Gasteiger partial charge in [0.25, 0.3) is 5.91 Å². The van der Waals surface area contributed by atoms with Gasteiger partial charge in [-0.2, -0.15) is 0 Å². The molecular weight excluding hydrogens is 360 g/mol. The fraction of sp³-hybridized carbons (Fsp3) is 0.529. The van der Waals surface area contributed by atoms with Gasteiger partial charge in [0.2, 0.25) is 10.0 Å². The molecule has 2 heterocycles. The van der Waals surface area contributed by atoms with E-state index < -0.39 is 22.0 Å². The van der Waals surface area contributed by atoms with Gasteiger partial charge in [-0.25, -0.2) is 13.2 Å². The smallest absolute Gasteiger partial charge is 0.326 e. The van der Waals surface area contributed by atoms with Crippen molar-refractivity contribution < 1.29 is 27.9 Å². The van der Waals surface area contributed by atoms with Gasteiger partial charge in [0.15, 0.2) is 0 Å². The van der Waals surface area contributed by atoms with Crippen LogP contribution in [-0.2, 0) is 26.0 Å². The van der Waals surface area contributed by atoms with E-state index in [0.717, 1.165) is 11.8 Å². The summed E-state index contributed by atoms with van der Waals surface area (Å²) in [5, 5.41) is 9.39. The van der Waals surface area contributed by atoms with Crippen LogP contribution in [0.15, 0.2) is 18.2 Å². The molecule has 2 aliphatic heterocycles. The maximum atomic E-state index is 12.9. The van der Waals surface area contributed by atoms with Gasteiger partial charge in [-0.05, 0) is 36.6 Å². The second-order valence-corrected chi connectivity index (χ2v) is 8.59. The molecule has 1 fully saturated rings.